The molecule has 0 saturated heterocycles. The van der Waals surface area contributed by atoms with Gasteiger partial charge in [-0.1, -0.05) is 99.6 Å². The van der Waals surface area contributed by atoms with Gasteiger partial charge in [-0.3, -0.25) is 0 Å². The van der Waals surface area contributed by atoms with Gasteiger partial charge in [-0.05, 0) is 57.5 Å². The average molecular weight is 453 g/mol. The summed E-state index contributed by atoms with van der Waals surface area (Å²) in [6.07, 6.45) is 0. The fraction of sp³-hybridized carbons (Fsp3) is 0.133. The van der Waals surface area contributed by atoms with Gasteiger partial charge in [-0.2, -0.15) is 0 Å². The number of fused-ring (bicyclic) bond motifs is 4. The summed E-state index contributed by atoms with van der Waals surface area (Å²) < 4.78 is 0. The lowest BCUT2D eigenvalue weighted by Crippen LogP contribution is -2.15. The first-order chi connectivity index (χ1) is 16.2. The van der Waals surface area contributed by atoms with Gasteiger partial charge in [0.2, 0.25) is 0 Å². The Bertz CT molecular complexity index is 1220. The highest BCUT2D eigenvalue weighted by molar-refractivity contribution is 6.04. The maximum Gasteiger partial charge on any atom is 0.335 e. The van der Waals surface area contributed by atoms with Crippen LogP contribution in [0.2, 0.25) is 0 Å². The van der Waals surface area contributed by atoms with Gasteiger partial charge in [-0.25, -0.2) is 9.59 Å². The number of aromatic carboxylic acids is 2. The zero-order valence-electron chi connectivity index (χ0n) is 19.5. The third-order valence-corrected chi connectivity index (χ3v) is 5.40. The Hall–Kier alpha value is -4.18. The van der Waals surface area contributed by atoms with E-state index in [0.29, 0.717) is 11.1 Å². The van der Waals surface area contributed by atoms with Gasteiger partial charge < -0.3 is 10.2 Å². The average Bonchev–Trinajstić information content (AvgIpc) is 2.83. The number of hydrogen-bond donors (Lipinski definition) is 2. The first-order valence-electron chi connectivity index (χ1n) is 11.0. The highest BCUT2D eigenvalue weighted by atomic mass is 16.4. The van der Waals surface area contributed by atoms with Crippen molar-refractivity contribution in [3.05, 3.63) is 120 Å². The zero-order valence-corrected chi connectivity index (χ0v) is 19.5. The quantitative estimate of drug-likeness (QED) is 0.293. The minimum absolute atomic E-state index is 0.221. The zero-order chi connectivity index (χ0) is 24.7. The van der Waals surface area contributed by atoms with Crippen LogP contribution >= 0.6 is 0 Å². The predicted octanol–water partition coefficient (Wildman–Crippen LogP) is 7.40. The molecule has 5 rings (SSSR count). The van der Waals surface area contributed by atoms with Crippen LogP contribution in [-0.2, 0) is 5.41 Å². The third kappa shape index (κ3) is 5.78. The van der Waals surface area contributed by atoms with Crippen molar-refractivity contribution in [2.24, 2.45) is 0 Å². The Morgan fingerprint density at radius 2 is 0.941 bits per heavy atom. The molecule has 0 saturated carbocycles. The molecule has 34 heavy (non-hydrogen) atoms. The maximum atomic E-state index is 10.2. The van der Waals surface area contributed by atoms with E-state index in [2.05, 4.69) is 63.2 Å². The van der Waals surface area contributed by atoms with Crippen molar-refractivity contribution in [3.8, 4) is 22.3 Å². The van der Waals surface area contributed by atoms with E-state index in [4.69, 9.17) is 10.2 Å². The number of benzene rings is 4. The number of hydrogen-bond acceptors (Lipinski definition) is 2. The molecule has 0 amide bonds. The summed E-state index contributed by atoms with van der Waals surface area (Å²) in [5, 5.41) is 16.8. The van der Waals surface area contributed by atoms with Crippen LogP contribution in [0.4, 0.5) is 0 Å². The fourth-order valence-electron chi connectivity index (χ4n) is 3.73. The van der Waals surface area contributed by atoms with Crippen molar-refractivity contribution < 1.29 is 19.8 Å². The van der Waals surface area contributed by atoms with Gasteiger partial charge in [0.15, 0.2) is 0 Å². The van der Waals surface area contributed by atoms with Crippen LogP contribution in [0.3, 0.4) is 0 Å². The summed E-state index contributed by atoms with van der Waals surface area (Å²) in [6, 6.07) is 31.9. The first-order valence-corrected chi connectivity index (χ1v) is 11.0. The van der Waals surface area contributed by atoms with Crippen molar-refractivity contribution in [3.63, 3.8) is 0 Å². The molecule has 172 valence electrons. The molecule has 0 radical (unpaired) electrons. The van der Waals surface area contributed by atoms with Crippen LogP contribution in [0.15, 0.2) is 103 Å². The van der Waals surface area contributed by atoms with Gasteiger partial charge in [0, 0.05) is 0 Å². The Balaban J connectivity index is 0.000000155. The molecule has 0 spiro atoms. The summed E-state index contributed by atoms with van der Waals surface area (Å²) >= 11 is 0. The maximum absolute atomic E-state index is 10.2. The number of carbonyl (C=O) groups is 2. The van der Waals surface area contributed by atoms with Gasteiger partial charge in [-0.15, -0.1) is 0 Å². The number of carboxylic acids is 2. The predicted molar refractivity (Wildman–Crippen MR) is 136 cm³/mol. The topological polar surface area (TPSA) is 74.6 Å². The molecule has 0 aromatic heterocycles. The summed E-state index contributed by atoms with van der Waals surface area (Å²) in [5.74, 6) is -1.76. The second-order valence-corrected chi connectivity index (χ2v) is 8.87. The molecule has 2 N–H and O–H groups in total. The number of carboxylic acid groups (broad SMARTS) is 2. The second kappa shape index (κ2) is 10.6. The molecule has 0 aliphatic heterocycles. The molecule has 0 unspecified atom stereocenters. The van der Waals surface area contributed by atoms with Crippen molar-refractivity contribution in [1.82, 2.24) is 0 Å². The lowest BCUT2D eigenvalue weighted by Gasteiger charge is -2.32. The smallest absolute Gasteiger partial charge is 0.335 e. The Kier molecular flexibility index (Phi) is 7.64. The standard InChI is InChI=1S/C16H16.2C7H6O2/c1-16(2,3)14-10-6-9-13-11-7-4-5-8-12(11)15(13)14;2*8-7(9)6-4-2-1-3-5-6/h4-10H,1-3H3;2*1-5H,(H,8,9). The van der Waals surface area contributed by atoms with Crippen LogP contribution in [0.25, 0.3) is 22.3 Å². The Morgan fingerprint density at radius 3 is 1.35 bits per heavy atom. The second-order valence-electron chi connectivity index (χ2n) is 8.87. The van der Waals surface area contributed by atoms with Crippen LogP contribution in [-0.4, -0.2) is 22.2 Å². The lowest BCUT2D eigenvalue weighted by atomic mass is 9.72. The minimum Gasteiger partial charge on any atom is -0.478 e. The van der Waals surface area contributed by atoms with Gasteiger partial charge in [0.05, 0.1) is 11.1 Å². The van der Waals surface area contributed by atoms with Gasteiger partial charge >= 0.3 is 11.9 Å². The normalized spacial score (nSPS) is 10.7. The monoisotopic (exact) mass is 452 g/mol. The fourth-order valence-corrected chi connectivity index (χ4v) is 3.73. The molecule has 1 aliphatic rings. The summed E-state index contributed by atoms with van der Waals surface area (Å²) in [7, 11) is 0. The molecule has 0 fully saturated rings. The third-order valence-electron chi connectivity index (χ3n) is 5.40. The SMILES string of the molecule is CC(C)(C)c1cccc2c1-c1ccccc1-2.O=C(O)c1ccccc1.O=C(O)c1ccccc1. The summed E-state index contributed by atoms with van der Waals surface area (Å²) in [4.78, 5) is 20.4. The molecule has 4 nitrogen and oxygen atoms in total. The van der Waals surface area contributed by atoms with E-state index in [1.807, 2.05) is 0 Å². The van der Waals surface area contributed by atoms with Crippen LogP contribution in [0, 0.1) is 0 Å². The molecule has 1 aliphatic carbocycles. The molecule has 4 aromatic carbocycles. The van der Waals surface area contributed by atoms with Crippen LogP contribution in [0.5, 0.6) is 0 Å². The molecule has 0 atom stereocenters. The highest BCUT2D eigenvalue weighted by Gasteiger charge is 2.28. The molecule has 0 bridgehead atoms. The Morgan fingerprint density at radius 1 is 0.529 bits per heavy atom. The van der Waals surface area contributed by atoms with E-state index in [0.717, 1.165) is 0 Å². The molecule has 0 heterocycles. The van der Waals surface area contributed by atoms with E-state index in [1.165, 1.54) is 27.8 Å². The molecule has 4 heteroatoms. The largest absolute Gasteiger partial charge is 0.478 e. The number of rotatable bonds is 2. The van der Waals surface area contributed by atoms with Gasteiger partial charge in [0.1, 0.15) is 0 Å². The van der Waals surface area contributed by atoms with Crippen molar-refractivity contribution >= 4 is 11.9 Å². The van der Waals surface area contributed by atoms with E-state index in [-0.39, 0.29) is 5.41 Å². The highest BCUT2D eigenvalue weighted by Crippen LogP contribution is 2.50. The van der Waals surface area contributed by atoms with Crippen molar-refractivity contribution in [1.29, 1.82) is 0 Å². The molecular weight excluding hydrogens is 424 g/mol. The van der Waals surface area contributed by atoms with E-state index < -0.39 is 11.9 Å². The Labute approximate surface area is 200 Å². The van der Waals surface area contributed by atoms with Crippen LogP contribution < -0.4 is 0 Å². The van der Waals surface area contributed by atoms with E-state index in [1.54, 1.807) is 60.7 Å². The van der Waals surface area contributed by atoms with E-state index >= 15 is 0 Å². The van der Waals surface area contributed by atoms with Crippen molar-refractivity contribution in [2.45, 2.75) is 26.2 Å². The summed E-state index contributed by atoms with van der Waals surface area (Å²) in [6.45, 7) is 6.84. The van der Waals surface area contributed by atoms with Crippen LogP contribution in [0.1, 0.15) is 47.1 Å². The molecule has 4 aromatic rings. The van der Waals surface area contributed by atoms with Gasteiger partial charge in [0.25, 0.3) is 0 Å². The van der Waals surface area contributed by atoms with Crippen molar-refractivity contribution in [2.75, 3.05) is 0 Å². The molecular formula is C30H28O4. The summed E-state index contributed by atoms with van der Waals surface area (Å²) in [5.41, 5.74) is 8.05. The van der Waals surface area contributed by atoms with E-state index in [9.17, 15) is 9.59 Å². The minimum atomic E-state index is -0.879. The lowest BCUT2D eigenvalue weighted by molar-refractivity contribution is 0.0686. The first kappa shape index (κ1) is 24.5.